The molecule has 158 valence electrons. The molecule has 0 aliphatic heterocycles. The molecule has 4 aromatic rings. The third kappa shape index (κ3) is 4.26. The highest BCUT2D eigenvalue weighted by Crippen LogP contribution is 2.33. The lowest BCUT2D eigenvalue weighted by Gasteiger charge is -2.20. The van der Waals surface area contributed by atoms with Crippen LogP contribution in [-0.2, 0) is 13.0 Å². The summed E-state index contributed by atoms with van der Waals surface area (Å²) in [5.41, 5.74) is 10.2. The largest absolute Gasteiger partial charge is 0.489 e. The van der Waals surface area contributed by atoms with Crippen molar-refractivity contribution >= 4 is 11.3 Å². The van der Waals surface area contributed by atoms with Crippen LogP contribution >= 0.6 is 0 Å². The number of nitrogens with two attached hydrogens (primary N) is 1. The number of nitrogens with zero attached hydrogens (tertiary/aromatic N) is 3. The van der Waals surface area contributed by atoms with Crippen molar-refractivity contribution in [1.29, 1.82) is 0 Å². The molecule has 0 amide bonds. The second-order valence-corrected chi connectivity index (χ2v) is 8.42. The van der Waals surface area contributed by atoms with Crippen molar-refractivity contribution in [2.45, 2.75) is 45.1 Å². The van der Waals surface area contributed by atoms with Crippen molar-refractivity contribution in [3.63, 3.8) is 0 Å². The van der Waals surface area contributed by atoms with Gasteiger partial charge in [-0.3, -0.25) is 4.40 Å². The maximum absolute atomic E-state index is 6.31. The number of nitrogen functional groups attached to an aromatic ring is 1. The van der Waals surface area contributed by atoms with Gasteiger partial charge in [0, 0.05) is 24.4 Å². The van der Waals surface area contributed by atoms with E-state index in [9.17, 15) is 0 Å². The van der Waals surface area contributed by atoms with Gasteiger partial charge in [-0.25, -0.2) is 9.97 Å². The molecule has 0 radical (unpaired) electrons. The van der Waals surface area contributed by atoms with E-state index >= 15 is 0 Å². The van der Waals surface area contributed by atoms with Crippen LogP contribution in [0.3, 0.4) is 0 Å². The Balaban J connectivity index is 1.46. The van der Waals surface area contributed by atoms with Crippen LogP contribution in [0, 0.1) is 5.92 Å². The predicted octanol–water partition coefficient (Wildman–Crippen LogP) is 5.68. The van der Waals surface area contributed by atoms with Gasteiger partial charge in [0.1, 0.15) is 35.2 Å². The number of hydrogen-bond donors (Lipinski definition) is 1. The number of ether oxygens (including phenoxy) is 1. The van der Waals surface area contributed by atoms with Gasteiger partial charge >= 0.3 is 0 Å². The van der Waals surface area contributed by atoms with Crippen molar-refractivity contribution in [2.75, 3.05) is 5.73 Å². The number of imidazole rings is 1. The second kappa shape index (κ2) is 8.80. The van der Waals surface area contributed by atoms with Crippen LogP contribution in [0.15, 0.2) is 67.0 Å². The number of anilines is 1. The van der Waals surface area contributed by atoms with E-state index in [0.717, 1.165) is 40.3 Å². The van der Waals surface area contributed by atoms with Crippen LogP contribution in [0.1, 0.15) is 43.5 Å². The van der Waals surface area contributed by atoms with Gasteiger partial charge in [-0.1, -0.05) is 74.6 Å². The van der Waals surface area contributed by atoms with Crippen LogP contribution in [0.25, 0.3) is 16.8 Å². The molecule has 0 spiro atoms. The zero-order chi connectivity index (χ0) is 21.0. The van der Waals surface area contributed by atoms with E-state index in [0.29, 0.717) is 18.3 Å². The second-order valence-electron chi connectivity index (χ2n) is 8.42. The first-order valence-corrected chi connectivity index (χ1v) is 11.2. The molecule has 2 heterocycles. The van der Waals surface area contributed by atoms with Crippen LogP contribution in [-0.4, -0.2) is 14.4 Å². The average molecular weight is 413 g/mol. The highest BCUT2D eigenvalue weighted by atomic mass is 16.5. The summed E-state index contributed by atoms with van der Waals surface area (Å²) in [6.45, 7) is 0.533. The molecule has 1 fully saturated rings. The molecular weight excluding hydrogens is 384 g/mol. The number of benzene rings is 2. The van der Waals surface area contributed by atoms with Gasteiger partial charge in [-0.15, -0.1) is 0 Å². The zero-order valence-corrected chi connectivity index (χ0v) is 17.7. The first-order chi connectivity index (χ1) is 15.3. The van der Waals surface area contributed by atoms with Gasteiger partial charge in [0.05, 0.1) is 0 Å². The molecule has 1 aliphatic carbocycles. The van der Waals surface area contributed by atoms with Gasteiger partial charge in [0.15, 0.2) is 0 Å². The van der Waals surface area contributed by atoms with E-state index in [-0.39, 0.29) is 0 Å². The van der Waals surface area contributed by atoms with E-state index in [4.69, 9.17) is 15.5 Å². The summed E-state index contributed by atoms with van der Waals surface area (Å²) < 4.78 is 8.17. The first-order valence-electron chi connectivity index (χ1n) is 11.2. The van der Waals surface area contributed by atoms with Gasteiger partial charge in [-0.05, 0) is 23.6 Å². The van der Waals surface area contributed by atoms with E-state index < -0.39 is 0 Å². The quantitative estimate of drug-likeness (QED) is 0.442. The third-order valence-electron chi connectivity index (χ3n) is 6.21. The van der Waals surface area contributed by atoms with E-state index in [1.165, 1.54) is 32.1 Å². The summed E-state index contributed by atoms with van der Waals surface area (Å²) in [7, 11) is 0. The monoisotopic (exact) mass is 412 g/mol. The van der Waals surface area contributed by atoms with E-state index in [1.807, 2.05) is 42.6 Å². The molecule has 0 bridgehead atoms. The minimum Gasteiger partial charge on any atom is -0.489 e. The fraction of sp³-hybridized carbons (Fsp3) is 0.308. The highest BCUT2D eigenvalue weighted by molar-refractivity contribution is 5.85. The summed E-state index contributed by atoms with van der Waals surface area (Å²) in [4.78, 5) is 9.40. The SMILES string of the molecule is Nc1nccn2c(CC3CCCCC3)nc(-c3cccc(OCc4ccccc4)c3)c12. The molecule has 5 heteroatoms. The molecule has 2 N–H and O–H groups in total. The molecular formula is C26H28N4O. The molecule has 2 aromatic heterocycles. The number of rotatable bonds is 6. The Morgan fingerprint density at radius 2 is 1.84 bits per heavy atom. The van der Waals surface area contributed by atoms with E-state index in [2.05, 4.69) is 27.6 Å². The smallest absolute Gasteiger partial charge is 0.150 e. The summed E-state index contributed by atoms with van der Waals surface area (Å²) in [5, 5.41) is 0. The molecule has 0 atom stereocenters. The highest BCUT2D eigenvalue weighted by Gasteiger charge is 2.20. The van der Waals surface area contributed by atoms with Crippen molar-refractivity contribution in [3.05, 3.63) is 78.4 Å². The molecule has 0 unspecified atom stereocenters. The zero-order valence-electron chi connectivity index (χ0n) is 17.7. The van der Waals surface area contributed by atoms with Crippen molar-refractivity contribution in [3.8, 4) is 17.0 Å². The van der Waals surface area contributed by atoms with Crippen LogP contribution in [0.4, 0.5) is 5.82 Å². The normalized spacial score (nSPS) is 14.7. The van der Waals surface area contributed by atoms with E-state index in [1.54, 1.807) is 6.20 Å². The minimum absolute atomic E-state index is 0.510. The first kappa shape index (κ1) is 19.6. The number of fused-ring (bicyclic) bond motifs is 1. The lowest BCUT2D eigenvalue weighted by atomic mass is 9.87. The summed E-state index contributed by atoms with van der Waals surface area (Å²) in [6.07, 6.45) is 11.3. The Morgan fingerprint density at radius 3 is 2.68 bits per heavy atom. The Bertz CT molecular complexity index is 1160. The maximum Gasteiger partial charge on any atom is 0.150 e. The Labute approximate surface area is 182 Å². The molecule has 5 nitrogen and oxygen atoms in total. The fourth-order valence-corrected chi connectivity index (χ4v) is 4.59. The molecule has 1 saturated carbocycles. The van der Waals surface area contributed by atoms with Crippen molar-refractivity contribution in [2.24, 2.45) is 5.92 Å². The summed E-state index contributed by atoms with van der Waals surface area (Å²) >= 11 is 0. The lowest BCUT2D eigenvalue weighted by Crippen LogP contribution is -2.11. The van der Waals surface area contributed by atoms with Crippen LogP contribution in [0.5, 0.6) is 5.75 Å². The van der Waals surface area contributed by atoms with Crippen molar-refractivity contribution in [1.82, 2.24) is 14.4 Å². The van der Waals surface area contributed by atoms with Crippen LogP contribution < -0.4 is 10.5 Å². The Hall–Kier alpha value is -3.34. The molecule has 31 heavy (non-hydrogen) atoms. The fourth-order valence-electron chi connectivity index (χ4n) is 4.59. The topological polar surface area (TPSA) is 65.4 Å². The number of aromatic nitrogens is 3. The van der Waals surface area contributed by atoms with Gasteiger partial charge in [-0.2, -0.15) is 0 Å². The molecule has 5 rings (SSSR count). The van der Waals surface area contributed by atoms with Crippen LogP contribution in [0.2, 0.25) is 0 Å². The lowest BCUT2D eigenvalue weighted by molar-refractivity contribution is 0.306. The standard InChI is InChI=1S/C26H28N4O/c27-26-25-24(21-12-7-13-22(17-21)31-18-20-10-5-2-6-11-20)29-23(30(25)15-14-28-26)16-19-8-3-1-4-9-19/h2,5-7,10-15,17,19H,1,3-4,8-9,16,18H2,(H2,27,28). The number of hydrogen-bond acceptors (Lipinski definition) is 4. The van der Waals surface area contributed by atoms with Gasteiger partial charge < -0.3 is 10.5 Å². The molecule has 2 aromatic carbocycles. The van der Waals surface area contributed by atoms with Crippen molar-refractivity contribution < 1.29 is 4.74 Å². The Kier molecular flexibility index (Phi) is 5.57. The Morgan fingerprint density at radius 1 is 1.00 bits per heavy atom. The third-order valence-corrected chi connectivity index (χ3v) is 6.21. The van der Waals surface area contributed by atoms with Gasteiger partial charge in [0.25, 0.3) is 0 Å². The molecule has 1 aliphatic rings. The minimum atomic E-state index is 0.510. The summed E-state index contributed by atoms with van der Waals surface area (Å²) in [6, 6.07) is 18.3. The predicted molar refractivity (Wildman–Crippen MR) is 124 cm³/mol. The van der Waals surface area contributed by atoms with Gasteiger partial charge in [0.2, 0.25) is 0 Å². The molecule has 0 saturated heterocycles. The average Bonchev–Trinajstić information content (AvgIpc) is 3.19. The maximum atomic E-state index is 6.31. The summed E-state index contributed by atoms with van der Waals surface area (Å²) in [5.74, 6) is 3.10.